The van der Waals surface area contributed by atoms with Gasteiger partial charge in [0.1, 0.15) is 0 Å². The van der Waals surface area contributed by atoms with Crippen LogP contribution in [0.2, 0.25) is 10.0 Å². The first kappa shape index (κ1) is 36.1. The quantitative estimate of drug-likeness (QED) is 0.141. The van der Waals surface area contributed by atoms with Crippen molar-refractivity contribution in [3.8, 4) is 0 Å². The molecular weight excluding hydrogens is 641 g/mol. The van der Waals surface area contributed by atoms with Crippen molar-refractivity contribution in [1.82, 2.24) is 14.9 Å². The number of nitrogens with one attached hydrogen (secondary N) is 2. The van der Waals surface area contributed by atoms with E-state index in [1.165, 1.54) is 0 Å². The third-order valence-corrected chi connectivity index (χ3v) is 8.73. The molecule has 1 amide bonds. The van der Waals surface area contributed by atoms with Gasteiger partial charge in [0.25, 0.3) is 5.91 Å². The lowest BCUT2D eigenvalue weighted by molar-refractivity contribution is -0.158. The highest BCUT2D eigenvalue weighted by atomic mass is 35.5. The summed E-state index contributed by atoms with van der Waals surface area (Å²) in [5.74, 6) is -2.83. The van der Waals surface area contributed by atoms with Crippen molar-refractivity contribution in [3.05, 3.63) is 63.1 Å². The highest BCUT2D eigenvalue weighted by Crippen LogP contribution is 2.38. The fourth-order valence-corrected chi connectivity index (χ4v) is 6.17. The van der Waals surface area contributed by atoms with Gasteiger partial charge in [0.15, 0.2) is 12.2 Å². The molecule has 1 aliphatic heterocycles. The average Bonchev–Trinajstić information content (AvgIpc) is 2.98. The fraction of sp³-hybridized carbons (Fsp3) is 0.500. The van der Waals surface area contributed by atoms with E-state index in [9.17, 15) is 23.1 Å². The van der Waals surface area contributed by atoms with Gasteiger partial charge in [0.2, 0.25) is 10.0 Å². The van der Waals surface area contributed by atoms with E-state index in [1.54, 1.807) is 24.3 Å². The second kappa shape index (κ2) is 17.4. The molecule has 44 heavy (non-hydrogen) atoms. The van der Waals surface area contributed by atoms with Gasteiger partial charge in [-0.1, -0.05) is 35.3 Å². The van der Waals surface area contributed by atoms with Gasteiger partial charge in [-0.15, -0.1) is 0 Å². The molecule has 0 radical (unpaired) electrons. The van der Waals surface area contributed by atoms with E-state index in [-0.39, 0.29) is 63.5 Å². The molecule has 0 bridgehead atoms. The highest BCUT2D eigenvalue weighted by Gasteiger charge is 2.30. The van der Waals surface area contributed by atoms with Crippen molar-refractivity contribution in [2.24, 2.45) is 0 Å². The molecule has 0 spiro atoms. The number of aliphatic hydroxyl groups is 2. The first-order valence-corrected chi connectivity index (χ1v) is 16.0. The molecule has 2 aromatic carbocycles. The Bertz CT molecular complexity index is 1380. The second-order valence-corrected chi connectivity index (χ2v) is 12.6. The monoisotopic (exact) mass is 677 g/mol. The number of hydrogen-bond donors (Lipinski definition) is 5. The number of carboxylic acids is 1. The summed E-state index contributed by atoms with van der Waals surface area (Å²) in [6, 6.07) is 10.4. The third kappa shape index (κ3) is 10.6. The lowest BCUT2D eigenvalue weighted by Gasteiger charge is -2.33. The molecule has 3 rings (SSSR count). The van der Waals surface area contributed by atoms with Gasteiger partial charge in [-0.05, 0) is 48.0 Å². The molecule has 0 fully saturated rings. The molecule has 3 atom stereocenters. The zero-order chi connectivity index (χ0) is 32.3. The molecule has 5 N–H and O–H groups in total. The Hall–Kier alpha value is -2.37. The number of rotatable bonds is 18. The van der Waals surface area contributed by atoms with Crippen LogP contribution in [0.4, 0.5) is 0 Å². The molecule has 16 heteroatoms. The molecule has 244 valence electrons. The summed E-state index contributed by atoms with van der Waals surface area (Å²) in [6.07, 6.45) is -4.29. The summed E-state index contributed by atoms with van der Waals surface area (Å²) in [7, 11) is -1.79. The maximum absolute atomic E-state index is 13.0. The van der Waals surface area contributed by atoms with Crippen molar-refractivity contribution in [1.29, 1.82) is 0 Å². The molecule has 1 heterocycles. The number of nitrogens with zero attached hydrogens (tertiary/aromatic N) is 1. The number of sulfonamides is 1. The number of benzene rings is 2. The maximum atomic E-state index is 13.0. The van der Waals surface area contributed by atoms with Gasteiger partial charge in [-0.2, -0.15) is 0 Å². The molecule has 0 aromatic heterocycles. The van der Waals surface area contributed by atoms with E-state index >= 15 is 0 Å². The number of hydrogen-bond acceptors (Lipinski definition) is 10. The van der Waals surface area contributed by atoms with Crippen LogP contribution < -0.4 is 10.0 Å². The number of halogens is 2. The number of aliphatic carboxylic acids is 1. The van der Waals surface area contributed by atoms with Crippen LogP contribution in [-0.2, 0) is 40.4 Å². The van der Waals surface area contributed by atoms with Crippen LogP contribution in [0.3, 0.4) is 0 Å². The van der Waals surface area contributed by atoms with Crippen LogP contribution in [0.1, 0.15) is 22.6 Å². The number of aliphatic hydroxyl groups excluding tert-OH is 2. The van der Waals surface area contributed by atoms with Gasteiger partial charge in [-0.25, -0.2) is 17.9 Å². The largest absolute Gasteiger partial charge is 0.479 e. The van der Waals surface area contributed by atoms with Gasteiger partial charge < -0.3 is 39.7 Å². The Balaban J connectivity index is 1.32. The molecule has 1 aliphatic rings. The van der Waals surface area contributed by atoms with Gasteiger partial charge in [-0.3, -0.25) is 4.79 Å². The number of carboxylic acid groups (broad SMARTS) is 1. The van der Waals surface area contributed by atoms with Gasteiger partial charge >= 0.3 is 5.97 Å². The Morgan fingerprint density at radius 2 is 1.61 bits per heavy atom. The Labute approximate surface area is 266 Å². The van der Waals surface area contributed by atoms with E-state index in [0.717, 1.165) is 16.7 Å². The Morgan fingerprint density at radius 1 is 0.977 bits per heavy atom. The van der Waals surface area contributed by atoms with E-state index < -0.39 is 34.1 Å². The minimum Gasteiger partial charge on any atom is -0.479 e. The smallest absolute Gasteiger partial charge is 0.335 e. The molecule has 3 unspecified atom stereocenters. The van der Waals surface area contributed by atoms with Crippen LogP contribution >= 0.6 is 23.2 Å². The van der Waals surface area contributed by atoms with E-state index in [0.29, 0.717) is 23.1 Å². The van der Waals surface area contributed by atoms with Crippen LogP contribution in [0.25, 0.3) is 0 Å². The van der Waals surface area contributed by atoms with Crippen molar-refractivity contribution in [2.75, 3.05) is 66.3 Å². The minimum atomic E-state index is -3.78. The van der Waals surface area contributed by atoms with E-state index in [1.807, 2.05) is 19.2 Å². The lowest BCUT2D eigenvalue weighted by atomic mass is 9.85. The average molecular weight is 679 g/mol. The van der Waals surface area contributed by atoms with Gasteiger partial charge in [0.05, 0.1) is 44.5 Å². The highest BCUT2D eigenvalue weighted by molar-refractivity contribution is 7.89. The SMILES string of the molecule is CN1Cc2c(Cl)cc(Cl)cc2C(c2cccc(S(=O)(=O)NCCOCCOCCOCCNC(=O)C(O)C(O)C(=O)O)c2)C1. The summed E-state index contributed by atoms with van der Waals surface area (Å²) in [6.45, 7) is 2.58. The van der Waals surface area contributed by atoms with Crippen molar-refractivity contribution in [2.45, 2.75) is 29.6 Å². The maximum Gasteiger partial charge on any atom is 0.335 e. The van der Waals surface area contributed by atoms with E-state index in [4.69, 9.17) is 47.6 Å². The van der Waals surface area contributed by atoms with Crippen LogP contribution in [0, 0.1) is 0 Å². The Kier molecular flexibility index (Phi) is 14.2. The topological polar surface area (TPSA) is 184 Å². The zero-order valence-corrected chi connectivity index (χ0v) is 26.4. The predicted octanol–water partition coefficient (Wildman–Crippen LogP) is 0.821. The fourth-order valence-electron chi connectivity index (χ4n) is 4.53. The molecule has 2 aromatic rings. The van der Waals surface area contributed by atoms with Crippen LogP contribution in [-0.4, -0.2) is 119 Å². The number of carbonyl (C=O) groups is 2. The molecular formula is C28H37Cl2N3O10S. The molecule has 0 saturated carbocycles. The standard InChI is InChI=1S/C28H37Cl2N3O10S/c1-33-16-22(21-14-19(29)15-24(30)23(21)17-33)18-3-2-4-20(13-18)44(39,40)32-6-8-42-10-12-43-11-9-41-7-5-31-27(36)25(34)26(35)28(37)38/h2-4,13-15,22,25-26,32,34-35H,5-12,16-17H2,1H3,(H,31,36)(H,37,38). The Morgan fingerprint density at radius 3 is 2.27 bits per heavy atom. The number of ether oxygens (including phenoxy) is 3. The van der Waals surface area contributed by atoms with Crippen molar-refractivity contribution in [3.63, 3.8) is 0 Å². The normalized spacial score (nSPS) is 16.7. The molecule has 0 saturated heterocycles. The summed E-state index contributed by atoms with van der Waals surface area (Å²) in [5.41, 5.74) is 2.82. The first-order valence-electron chi connectivity index (χ1n) is 13.8. The molecule has 13 nitrogen and oxygen atoms in total. The summed E-state index contributed by atoms with van der Waals surface area (Å²) >= 11 is 12.7. The van der Waals surface area contributed by atoms with Gasteiger partial charge in [0, 0.05) is 42.1 Å². The van der Waals surface area contributed by atoms with Crippen LogP contribution in [0.5, 0.6) is 0 Å². The van der Waals surface area contributed by atoms with Crippen molar-refractivity contribution < 1.29 is 47.5 Å². The number of carbonyl (C=O) groups excluding carboxylic acids is 1. The van der Waals surface area contributed by atoms with Crippen LogP contribution in [0.15, 0.2) is 41.3 Å². The summed E-state index contributed by atoms with van der Waals surface area (Å²) < 4.78 is 44.5. The predicted molar refractivity (Wildman–Crippen MR) is 161 cm³/mol. The minimum absolute atomic E-state index is 0.00116. The number of fused-ring (bicyclic) bond motifs is 1. The number of likely N-dealkylation sites (N-methyl/N-ethyl adjacent to an activating group) is 1. The first-order chi connectivity index (χ1) is 20.9. The zero-order valence-electron chi connectivity index (χ0n) is 24.1. The summed E-state index contributed by atoms with van der Waals surface area (Å²) in [4.78, 5) is 24.3. The van der Waals surface area contributed by atoms with Crippen molar-refractivity contribution >= 4 is 45.1 Å². The number of amides is 1. The second-order valence-electron chi connectivity index (χ2n) is 10.0. The third-order valence-electron chi connectivity index (χ3n) is 6.71. The van der Waals surface area contributed by atoms with E-state index in [2.05, 4.69) is 14.9 Å². The molecule has 0 aliphatic carbocycles. The lowest BCUT2D eigenvalue weighted by Crippen LogP contribution is -2.46. The summed E-state index contributed by atoms with van der Waals surface area (Å²) in [5, 5.41) is 30.4.